The van der Waals surface area contributed by atoms with Gasteiger partial charge in [-0.3, -0.25) is 4.79 Å². The van der Waals surface area contributed by atoms with Crippen LogP contribution in [0.1, 0.15) is 13.3 Å². The molecule has 12 heavy (non-hydrogen) atoms. The number of nitrogens with one attached hydrogen (secondary N) is 1. The lowest BCUT2D eigenvalue weighted by Crippen LogP contribution is -2.31. The smallest absolute Gasteiger partial charge is 0.229 e. The first-order valence-corrected chi connectivity index (χ1v) is 4.91. The Bertz CT molecular complexity index is 182. The molecule has 0 fully saturated rings. The zero-order chi connectivity index (χ0) is 9.56. The van der Waals surface area contributed by atoms with Gasteiger partial charge in [0.25, 0.3) is 0 Å². The van der Waals surface area contributed by atoms with Gasteiger partial charge in [-0.2, -0.15) is 0 Å². The molecule has 0 aliphatic carbocycles. The summed E-state index contributed by atoms with van der Waals surface area (Å²) in [4.78, 5) is 11.2. The van der Waals surface area contributed by atoms with Crippen molar-refractivity contribution in [2.45, 2.75) is 13.3 Å². The zero-order valence-electron chi connectivity index (χ0n) is 7.50. The molecule has 0 aliphatic rings. The minimum absolute atomic E-state index is 0.111. The minimum atomic E-state index is -0.324. The van der Waals surface area contributed by atoms with Crippen molar-refractivity contribution in [3.05, 3.63) is 0 Å². The molecule has 1 unspecified atom stereocenters. The lowest BCUT2D eigenvalue weighted by atomic mass is 10.1. The number of thioether (sulfide) groups is 1. The molecule has 70 valence electrons. The van der Waals surface area contributed by atoms with E-state index in [9.17, 15) is 4.79 Å². The first-order chi connectivity index (χ1) is 5.71. The van der Waals surface area contributed by atoms with Crippen LogP contribution in [-0.4, -0.2) is 29.5 Å². The van der Waals surface area contributed by atoms with Crippen LogP contribution >= 0.6 is 11.8 Å². The maximum Gasteiger partial charge on any atom is 0.229 e. The molecule has 1 amide bonds. The van der Waals surface area contributed by atoms with E-state index in [1.165, 1.54) is 11.8 Å². The summed E-state index contributed by atoms with van der Waals surface area (Å²) >= 11 is 1.29. The monoisotopic (exact) mass is 190 g/mol. The predicted octanol–water partition coefficient (Wildman–Crippen LogP) is 0.909. The molecule has 0 heterocycles. The van der Waals surface area contributed by atoms with E-state index in [-0.39, 0.29) is 11.8 Å². The Kier molecular flexibility index (Phi) is 5.53. The van der Waals surface area contributed by atoms with Gasteiger partial charge in [-0.1, -0.05) is 12.1 Å². The second-order valence-corrected chi connectivity index (χ2v) is 3.04. The van der Waals surface area contributed by atoms with Crippen molar-refractivity contribution in [3.63, 3.8) is 0 Å². The Morgan fingerprint density at radius 3 is 2.58 bits per heavy atom. The summed E-state index contributed by atoms with van der Waals surface area (Å²) in [5.74, 6) is -0.436. The average Bonchev–Trinajstić information content (AvgIpc) is 2.12. The Morgan fingerprint density at radius 2 is 2.33 bits per heavy atom. The highest BCUT2D eigenvalue weighted by atomic mass is 32.2. The van der Waals surface area contributed by atoms with Crippen LogP contribution in [0.15, 0.2) is 5.16 Å². The number of rotatable bonds is 3. The van der Waals surface area contributed by atoms with E-state index < -0.39 is 0 Å². The highest BCUT2D eigenvalue weighted by Gasteiger charge is 2.21. The number of nitrogens with zero attached hydrogens (tertiary/aromatic N) is 1. The van der Waals surface area contributed by atoms with Crippen molar-refractivity contribution in [2.75, 3.05) is 13.3 Å². The van der Waals surface area contributed by atoms with Crippen molar-refractivity contribution in [3.8, 4) is 0 Å². The number of hydrogen-bond donors (Lipinski definition) is 2. The molecule has 0 bridgehead atoms. The number of carbonyl (C=O) groups is 1. The van der Waals surface area contributed by atoms with E-state index in [2.05, 4.69) is 10.5 Å². The van der Waals surface area contributed by atoms with Crippen molar-refractivity contribution in [1.29, 1.82) is 0 Å². The van der Waals surface area contributed by atoms with Crippen LogP contribution in [-0.2, 0) is 4.79 Å². The van der Waals surface area contributed by atoms with Gasteiger partial charge in [0.2, 0.25) is 5.91 Å². The third-order valence-corrected chi connectivity index (χ3v) is 2.36. The standard InChI is InChI=1S/C7H14N2O2S/c1-4-5(6(10)8-2)7(9-11)12-3/h5,11H,4H2,1-3H3,(H,8,10). The van der Waals surface area contributed by atoms with Crippen molar-refractivity contribution in [1.82, 2.24) is 5.32 Å². The third-order valence-electron chi connectivity index (χ3n) is 1.58. The Balaban J connectivity index is 4.42. The number of carbonyl (C=O) groups excluding carboxylic acids is 1. The molecule has 2 N–H and O–H groups in total. The fraction of sp³-hybridized carbons (Fsp3) is 0.714. The second kappa shape index (κ2) is 5.88. The van der Waals surface area contributed by atoms with Gasteiger partial charge < -0.3 is 10.5 Å². The Labute approximate surface area is 76.4 Å². The molecule has 0 spiro atoms. The average molecular weight is 190 g/mol. The second-order valence-electron chi connectivity index (χ2n) is 2.22. The van der Waals surface area contributed by atoms with Crippen LogP contribution in [0.4, 0.5) is 0 Å². The molecular weight excluding hydrogens is 176 g/mol. The summed E-state index contributed by atoms with van der Waals surface area (Å²) in [6.07, 6.45) is 2.42. The van der Waals surface area contributed by atoms with E-state index in [0.717, 1.165) is 0 Å². The summed E-state index contributed by atoms with van der Waals surface area (Å²) in [7, 11) is 1.57. The normalized spacial score (nSPS) is 14.1. The molecule has 0 saturated heterocycles. The van der Waals surface area contributed by atoms with Crippen LogP contribution < -0.4 is 5.32 Å². The summed E-state index contributed by atoms with van der Waals surface area (Å²) in [6, 6.07) is 0. The molecule has 0 saturated carbocycles. The summed E-state index contributed by atoms with van der Waals surface area (Å²) in [6.45, 7) is 1.88. The summed E-state index contributed by atoms with van der Waals surface area (Å²) < 4.78 is 0. The molecule has 1 atom stereocenters. The summed E-state index contributed by atoms with van der Waals surface area (Å²) in [5, 5.41) is 14.6. The molecule has 0 aromatic rings. The molecule has 0 radical (unpaired) electrons. The maximum absolute atomic E-state index is 11.2. The third kappa shape index (κ3) is 2.73. The number of amides is 1. The molecule has 0 aromatic carbocycles. The zero-order valence-corrected chi connectivity index (χ0v) is 8.31. The fourth-order valence-electron chi connectivity index (χ4n) is 0.899. The molecule has 0 aromatic heterocycles. The van der Waals surface area contributed by atoms with Crippen molar-refractivity contribution in [2.24, 2.45) is 11.1 Å². The van der Waals surface area contributed by atoms with Gasteiger partial charge in [0.1, 0.15) is 5.04 Å². The predicted molar refractivity (Wildman–Crippen MR) is 50.6 cm³/mol. The van der Waals surface area contributed by atoms with E-state index in [1.807, 2.05) is 6.92 Å². The number of hydrogen-bond acceptors (Lipinski definition) is 4. The maximum atomic E-state index is 11.2. The topological polar surface area (TPSA) is 61.7 Å². The van der Waals surface area contributed by atoms with Crippen LogP contribution in [0.25, 0.3) is 0 Å². The van der Waals surface area contributed by atoms with E-state index in [1.54, 1.807) is 13.3 Å². The van der Waals surface area contributed by atoms with Gasteiger partial charge in [-0.15, -0.1) is 11.8 Å². The largest absolute Gasteiger partial charge is 0.410 e. The van der Waals surface area contributed by atoms with Gasteiger partial charge in [0, 0.05) is 7.05 Å². The highest BCUT2D eigenvalue weighted by Crippen LogP contribution is 2.13. The molecule has 0 aliphatic heterocycles. The van der Waals surface area contributed by atoms with Crippen LogP contribution in [0.2, 0.25) is 0 Å². The highest BCUT2D eigenvalue weighted by molar-refractivity contribution is 8.13. The van der Waals surface area contributed by atoms with Gasteiger partial charge >= 0.3 is 0 Å². The van der Waals surface area contributed by atoms with Crippen LogP contribution in [0.3, 0.4) is 0 Å². The first-order valence-electron chi connectivity index (χ1n) is 3.68. The van der Waals surface area contributed by atoms with Gasteiger partial charge in [-0.25, -0.2) is 0 Å². The van der Waals surface area contributed by atoms with Crippen LogP contribution in [0.5, 0.6) is 0 Å². The lowest BCUT2D eigenvalue weighted by molar-refractivity contribution is -0.122. The van der Waals surface area contributed by atoms with Gasteiger partial charge in [-0.05, 0) is 12.7 Å². The molecular formula is C7H14N2O2S. The van der Waals surface area contributed by atoms with E-state index >= 15 is 0 Å². The van der Waals surface area contributed by atoms with Crippen molar-refractivity contribution < 1.29 is 10.0 Å². The van der Waals surface area contributed by atoms with Crippen LogP contribution in [0, 0.1) is 5.92 Å². The van der Waals surface area contributed by atoms with Gasteiger partial charge in [0.15, 0.2) is 0 Å². The van der Waals surface area contributed by atoms with Gasteiger partial charge in [0.05, 0.1) is 5.92 Å². The Hall–Kier alpha value is -0.710. The van der Waals surface area contributed by atoms with E-state index in [0.29, 0.717) is 11.5 Å². The SMILES string of the molecule is CCC(C(=O)NC)C(=NO)SC. The molecule has 4 nitrogen and oxygen atoms in total. The molecule has 0 rings (SSSR count). The minimum Gasteiger partial charge on any atom is -0.410 e. The molecule has 5 heteroatoms. The van der Waals surface area contributed by atoms with E-state index in [4.69, 9.17) is 5.21 Å². The lowest BCUT2D eigenvalue weighted by Gasteiger charge is -2.12. The number of oxime groups is 1. The fourth-order valence-corrected chi connectivity index (χ4v) is 1.54. The quantitative estimate of drug-likeness (QED) is 0.301. The Morgan fingerprint density at radius 1 is 1.75 bits per heavy atom. The van der Waals surface area contributed by atoms with Crippen molar-refractivity contribution >= 4 is 22.7 Å². The first kappa shape index (κ1) is 11.3. The summed E-state index contributed by atoms with van der Waals surface area (Å²) in [5.41, 5.74) is 0.